The van der Waals surface area contributed by atoms with Crippen LogP contribution in [0.15, 0.2) is 65.3 Å². The van der Waals surface area contributed by atoms with Gasteiger partial charge in [-0.2, -0.15) is 13.2 Å². The first-order valence-electron chi connectivity index (χ1n) is 10.2. The summed E-state index contributed by atoms with van der Waals surface area (Å²) in [6.07, 6.45) is 0.533. The summed E-state index contributed by atoms with van der Waals surface area (Å²) in [5, 5.41) is 3.58. The lowest BCUT2D eigenvalue weighted by molar-refractivity contribution is -0.233. The number of benzene rings is 1. The molecule has 0 amide bonds. The number of hydrogen-bond donors (Lipinski definition) is 1. The summed E-state index contributed by atoms with van der Waals surface area (Å²) >= 11 is 0. The van der Waals surface area contributed by atoms with Crippen LogP contribution in [0.4, 0.5) is 13.2 Å². The number of alkyl halides is 3. The highest BCUT2D eigenvalue weighted by molar-refractivity contribution is 5.52. The van der Waals surface area contributed by atoms with Gasteiger partial charge < -0.3 is 19.7 Å². The van der Waals surface area contributed by atoms with Crippen LogP contribution in [0, 0.1) is 0 Å². The molecule has 7 heteroatoms. The van der Waals surface area contributed by atoms with Crippen molar-refractivity contribution in [1.29, 1.82) is 0 Å². The van der Waals surface area contributed by atoms with Gasteiger partial charge in [-0.15, -0.1) is 0 Å². The number of piperidine rings is 1. The van der Waals surface area contributed by atoms with Crippen LogP contribution in [0.5, 0.6) is 0 Å². The molecular formula is C23H27F3N2O2. The topological polar surface area (TPSA) is 33.7 Å². The maximum absolute atomic E-state index is 13.8. The van der Waals surface area contributed by atoms with Crippen molar-refractivity contribution in [2.75, 3.05) is 20.7 Å². The number of ether oxygens (including phenoxy) is 2. The average Bonchev–Trinajstić information content (AvgIpc) is 3.10. The molecule has 1 saturated heterocycles. The Morgan fingerprint density at radius 2 is 1.97 bits per heavy atom. The van der Waals surface area contributed by atoms with Gasteiger partial charge in [0.15, 0.2) is 0 Å². The normalized spacial score (nSPS) is 29.0. The molecule has 1 fully saturated rings. The third-order valence-corrected chi connectivity index (χ3v) is 6.46. The fourth-order valence-electron chi connectivity index (χ4n) is 4.63. The van der Waals surface area contributed by atoms with Crippen molar-refractivity contribution in [3.63, 3.8) is 0 Å². The van der Waals surface area contributed by atoms with Crippen molar-refractivity contribution < 1.29 is 22.6 Å². The molecule has 4 rings (SSSR count). The van der Waals surface area contributed by atoms with Gasteiger partial charge in [-0.05, 0) is 37.9 Å². The lowest BCUT2D eigenvalue weighted by Crippen LogP contribution is -2.47. The van der Waals surface area contributed by atoms with Gasteiger partial charge in [0.1, 0.15) is 5.76 Å². The summed E-state index contributed by atoms with van der Waals surface area (Å²) in [4.78, 5) is 2.07. The summed E-state index contributed by atoms with van der Waals surface area (Å²) in [7, 11) is 3.50. The molecule has 162 valence electrons. The fourth-order valence-corrected chi connectivity index (χ4v) is 4.63. The number of fused-ring (bicyclic) bond motifs is 1. The van der Waals surface area contributed by atoms with Crippen LogP contribution in [0.2, 0.25) is 0 Å². The second kappa shape index (κ2) is 7.69. The lowest BCUT2D eigenvalue weighted by Gasteiger charge is -2.42. The Morgan fingerprint density at radius 1 is 1.23 bits per heavy atom. The van der Waals surface area contributed by atoms with E-state index in [1.54, 1.807) is 13.2 Å². The smallest absolute Gasteiger partial charge is 0.432 e. The van der Waals surface area contributed by atoms with E-state index >= 15 is 0 Å². The first-order chi connectivity index (χ1) is 14.3. The van der Waals surface area contributed by atoms with Crippen molar-refractivity contribution in [3.05, 3.63) is 70.8 Å². The van der Waals surface area contributed by atoms with Crippen molar-refractivity contribution in [2.45, 2.75) is 50.0 Å². The summed E-state index contributed by atoms with van der Waals surface area (Å²) in [5.74, 6) is 0.653. The van der Waals surface area contributed by atoms with Gasteiger partial charge in [0.2, 0.25) is 5.60 Å². The van der Waals surface area contributed by atoms with Gasteiger partial charge >= 0.3 is 6.18 Å². The number of halogens is 3. The Labute approximate surface area is 175 Å². The summed E-state index contributed by atoms with van der Waals surface area (Å²) in [6.45, 7) is 2.00. The third kappa shape index (κ3) is 3.39. The number of rotatable bonds is 4. The lowest BCUT2D eigenvalue weighted by atomic mass is 9.84. The molecule has 0 aromatic heterocycles. The van der Waals surface area contributed by atoms with Gasteiger partial charge in [0, 0.05) is 30.7 Å². The monoisotopic (exact) mass is 420 g/mol. The highest BCUT2D eigenvalue weighted by Crippen LogP contribution is 2.50. The SMILES string of the molecule is COC1=C(N(C)[C@H]2CCCN[C@H]2c2ccccc2)C=C2C(=COC2(C)C(F)(F)F)C1. The highest BCUT2D eigenvalue weighted by Gasteiger charge is 2.59. The largest absolute Gasteiger partial charge is 0.499 e. The van der Waals surface area contributed by atoms with E-state index in [0.717, 1.165) is 26.3 Å². The zero-order valence-electron chi connectivity index (χ0n) is 17.4. The fraction of sp³-hybridized carbons (Fsp3) is 0.478. The van der Waals surface area contributed by atoms with Crippen LogP contribution in [0.25, 0.3) is 0 Å². The predicted octanol–water partition coefficient (Wildman–Crippen LogP) is 4.83. The number of nitrogens with zero attached hydrogens (tertiary/aromatic N) is 1. The van der Waals surface area contributed by atoms with Gasteiger partial charge in [-0.3, -0.25) is 0 Å². The maximum Gasteiger partial charge on any atom is 0.432 e. The molecule has 4 nitrogen and oxygen atoms in total. The Hall–Kier alpha value is -2.41. The predicted molar refractivity (Wildman–Crippen MR) is 108 cm³/mol. The molecule has 0 bridgehead atoms. The molecule has 0 radical (unpaired) electrons. The van der Waals surface area contributed by atoms with Crippen LogP contribution in [-0.4, -0.2) is 43.4 Å². The van der Waals surface area contributed by atoms with Crippen LogP contribution < -0.4 is 5.32 Å². The van der Waals surface area contributed by atoms with E-state index in [0.29, 0.717) is 17.0 Å². The van der Waals surface area contributed by atoms with E-state index in [1.807, 2.05) is 25.2 Å². The van der Waals surface area contributed by atoms with Gasteiger partial charge in [-0.25, -0.2) is 0 Å². The first-order valence-corrected chi connectivity index (χ1v) is 10.2. The molecule has 3 aliphatic rings. The van der Waals surface area contributed by atoms with Crippen molar-refractivity contribution >= 4 is 0 Å². The molecular weight excluding hydrogens is 393 g/mol. The number of likely N-dealkylation sites (N-methyl/N-ethyl adjacent to an activating group) is 1. The van der Waals surface area contributed by atoms with Gasteiger partial charge in [-0.1, -0.05) is 30.3 Å². The first kappa shape index (κ1) is 20.8. The van der Waals surface area contributed by atoms with Crippen molar-refractivity contribution in [1.82, 2.24) is 10.2 Å². The van der Waals surface area contributed by atoms with Crippen LogP contribution in [0.1, 0.15) is 37.8 Å². The molecule has 3 atom stereocenters. The van der Waals surface area contributed by atoms with Crippen LogP contribution in [0.3, 0.4) is 0 Å². The molecule has 2 heterocycles. The minimum atomic E-state index is -4.51. The number of nitrogens with one attached hydrogen (secondary N) is 1. The standard InChI is InChI=1S/C23H27F3N2O2/c1-22(23(24,25)26)17-13-19(20(29-3)12-16(17)14-30-22)28(2)18-10-7-11-27-21(18)15-8-5-4-6-9-15/h4-6,8-9,13-14,18,21,27H,7,10-12H2,1-3H3/t18-,21-,22?/m0/s1. The Balaban J connectivity index is 1.71. The van der Waals surface area contributed by atoms with E-state index in [-0.39, 0.29) is 24.1 Å². The third-order valence-electron chi connectivity index (χ3n) is 6.46. The Morgan fingerprint density at radius 3 is 2.63 bits per heavy atom. The molecule has 1 aromatic carbocycles. The highest BCUT2D eigenvalue weighted by atomic mass is 19.4. The Kier molecular flexibility index (Phi) is 5.34. The maximum atomic E-state index is 13.8. The molecule has 2 aliphatic heterocycles. The quantitative estimate of drug-likeness (QED) is 0.756. The molecule has 0 spiro atoms. The zero-order valence-corrected chi connectivity index (χ0v) is 17.4. The van der Waals surface area contributed by atoms with E-state index in [1.165, 1.54) is 11.8 Å². The minimum Gasteiger partial charge on any atom is -0.499 e. The van der Waals surface area contributed by atoms with E-state index < -0.39 is 11.8 Å². The van der Waals surface area contributed by atoms with Gasteiger partial charge in [0.05, 0.1) is 25.1 Å². The van der Waals surface area contributed by atoms with Gasteiger partial charge in [0.25, 0.3) is 0 Å². The van der Waals surface area contributed by atoms with Crippen LogP contribution >= 0.6 is 0 Å². The number of methoxy groups -OCH3 is 1. The molecule has 1 aliphatic carbocycles. The minimum absolute atomic E-state index is 0.0831. The zero-order chi connectivity index (χ0) is 21.5. The molecule has 0 saturated carbocycles. The number of allylic oxidation sites excluding steroid dienone is 2. The van der Waals surface area contributed by atoms with E-state index in [4.69, 9.17) is 9.47 Å². The molecule has 1 aromatic rings. The second-order valence-corrected chi connectivity index (χ2v) is 8.20. The Bertz CT molecular complexity index is 891. The summed E-state index contributed by atoms with van der Waals surface area (Å²) in [6, 6.07) is 10.3. The van der Waals surface area contributed by atoms with E-state index in [2.05, 4.69) is 22.3 Å². The molecule has 30 heavy (non-hydrogen) atoms. The van der Waals surface area contributed by atoms with E-state index in [9.17, 15) is 13.2 Å². The van der Waals surface area contributed by atoms with Crippen molar-refractivity contribution in [2.24, 2.45) is 0 Å². The second-order valence-electron chi connectivity index (χ2n) is 8.20. The van der Waals surface area contributed by atoms with Crippen LogP contribution in [-0.2, 0) is 9.47 Å². The summed E-state index contributed by atoms with van der Waals surface area (Å²) < 4.78 is 52.1. The average molecular weight is 420 g/mol. The van der Waals surface area contributed by atoms with Crippen molar-refractivity contribution in [3.8, 4) is 0 Å². The molecule has 1 N–H and O–H groups in total. The summed E-state index contributed by atoms with van der Waals surface area (Å²) in [5.41, 5.74) is 0.197. The number of hydrogen-bond acceptors (Lipinski definition) is 4. The molecule has 1 unspecified atom stereocenters.